The van der Waals surface area contributed by atoms with Crippen LogP contribution in [-0.4, -0.2) is 43.7 Å². The van der Waals surface area contributed by atoms with E-state index in [-0.39, 0.29) is 24.0 Å². The third-order valence-electron chi connectivity index (χ3n) is 4.49. The van der Waals surface area contributed by atoms with Gasteiger partial charge >= 0.3 is 0 Å². The highest BCUT2D eigenvalue weighted by Gasteiger charge is 2.23. The second-order valence-electron chi connectivity index (χ2n) is 6.52. The lowest BCUT2D eigenvalue weighted by molar-refractivity contribution is 0.647. The topological polar surface area (TPSA) is 52.6 Å². The minimum Gasteiger partial charge on any atom is -0.369 e. The highest BCUT2D eigenvalue weighted by Crippen LogP contribution is 2.20. The average molecular weight is 485 g/mol. The number of benzene rings is 1. The standard InChI is InChI=1S/C19H27N5S.HI/c1-14-4-6-18(7-5-14)24-11-9-16(12-24)23-19(20-3)21-10-8-17-13-25-15(2)22-17;/h4-7,13,16H,8-12H2,1-3H3,(H2,20,21,23);1H. The Hall–Kier alpha value is -1.35. The zero-order valence-corrected chi connectivity index (χ0v) is 18.8. The summed E-state index contributed by atoms with van der Waals surface area (Å²) in [4.78, 5) is 11.3. The van der Waals surface area contributed by atoms with Crippen molar-refractivity contribution in [2.24, 2.45) is 4.99 Å². The van der Waals surface area contributed by atoms with Crippen LogP contribution in [0.3, 0.4) is 0 Å². The fraction of sp³-hybridized carbons (Fsp3) is 0.474. The zero-order chi connectivity index (χ0) is 17.6. The van der Waals surface area contributed by atoms with Crippen LogP contribution in [-0.2, 0) is 6.42 Å². The average Bonchev–Trinajstić information content (AvgIpc) is 3.24. The number of nitrogens with zero attached hydrogens (tertiary/aromatic N) is 3. The summed E-state index contributed by atoms with van der Waals surface area (Å²) in [6.45, 7) is 7.10. The fourth-order valence-corrected chi connectivity index (χ4v) is 3.74. The van der Waals surface area contributed by atoms with Crippen LogP contribution in [0.5, 0.6) is 0 Å². The molecule has 26 heavy (non-hydrogen) atoms. The van der Waals surface area contributed by atoms with E-state index in [0.29, 0.717) is 6.04 Å². The summed E-state index contributed by atoms with van der Waals surface area (Å²) in [6, 6.07) is 9.20. The maximum Gasteiger partial charge on any atom is 0.191 e. The van der Waals surface area contributed by atoms with Crippen LogP contribution in [0.4, 0.5) is 5.69 Å². The molecule has 2 N–H and O–H groups in total. The quantitative estimate of drug-likeness (QED) is 0.388. The normalized spacial score (nSPS) is 17.1. The van der Waals surface area contributed by atoms with Gasteiger partial charge in [-0.3, -0.25) is 4.99 Å². The van der Waals surface area contributed by atoms with Crippen LogP contribution >= 0.6 is 35.3 Å². The van der Waals surface area contributed by atoms with Crippen molar-refractivity contribution in [3.63, 3.8) is 0 Å². The minimum absolute atomic E-state index is 0. The smallest absolute Gasteiger partial charge is 0.191 e. The fourth-order valence-electron chi connectivity index (χ4n) is 3.09. The second kappa shape index (κ2) is 10.1. The number of aromatic nitrogens is 1. The van der Waals surface area contributed by atoms with E-state index in [1.807, 2.05) is 14.0 Å². The molecule has 1 aliphatic rings. The molecule has 142 valence electrons. The van der Waals surface area contributed by atoms with E-state index in [9.17, 15) is 0 Å². The molecule has 2 aromatic rings. The number of aryl methyl sites for hydroxylation is 2. The molecule has 1 aromatic carbocycles. The van der Waals surface area contributed by atoms with Crippen molar-refractivity contribution in [3.05, 3.63) is 45.9 Å². The lowest BCUT2D eigenvalue weighted by Crippen LogP contribution is -2.45. The molecule has 1 aliphatic heterocycles. The molecular weight excluding hydrogens is 457 g/mol. The van der Waals surface area contributed by atoms with Crippen LogP contribution in [0, 0.1) is 13.8 Å². The van der Waals surface area contributed by atoms with Crippen molar-refractivity contribution in [1.82, 2.24) is 15.6 Å². The number of nitrogens with one attached hydrogen (secondary N) is 2. The molecule has 0 aliphatic carbocycles. The number of hydrogen-bond donors (Lipinski definition) is 2. The molecule has 0 bridgehead atoms. The van der Waals surface area contributed by atoms with Crippen LogP contribution in [0.15, 0.2) is 34.6 Å². The first-order valence-corrected chi connectivity index (χ1v) is 9.72. The highest BCUT2D eigenvalue weighted by molar-refractivity contribution is 14.0. The number of anilines is 1. The van der Waals surface area contributed by atoms with Crippen molar-refractivity contribution < 1.29 is 0 Å². The Bertz CT molecular complexity index is 713. The Morgan fingerprint density at radius 3 is 2.73 bits per heavy atom. The summed E-state index contributed by atoms with van der Waals surface area (Å²) >= 11 is 1.70. The summed E-state index contributed by atoms with van der Waals surface area (Å²) in [5, 5.41) is 10.2. The van der Waals surface area contributed by atoms with Crippen molar-refractivity contribution >= 4 is 47.0 Å². The molecule has 0 saturated carbocycles. The lowest BCUT2D eigenvalue weighted by Gasteiger charge is -2.20. The first kappa shape index (κ1) is 21.0. The summed E-state index contributed by atoms with van der Waals surface area (Å²) in [6.07, 6.45) is 2.05. The molecule has 1 atom stereocenters. The van der Waals surface area contributed by atoms with E-state index in [0.717, 1.165) is 49.1 Å². The monoisotopic (exact) mass is 485 g/mol. The molecule has 1 saturated heterocycles. The van der Waals surface area contributed by atoms with Gasteiger partial charge in [0.1, 0.15) is 0 Å². The predicted octanol–water partition coefficient (Wildman–Crippen LogP) is 3.36. The van der Waals surface area contributed by atoms with E-state index < -0.39 is 0 Å². The number of thiazole rings is 1. The Morgan fingerprint density at radius 1 is 1.31 bits per heavy atom. The van der Waals surface area contributed by atoms with E-state index in [1.54, 1.807) is 11.3 Å². The Balaban J connectivity index is 0.00000243. The number of rotatable bonds is 5. The van der Waals surface area contributed by atoms with Crippen molar-refractivity contribution in [2.45, 2.75) is 32.7 Å². The lowest BCUT2D eigenvalue weighted by atomic mass is 10.2. The third-order valence-corrected chi connectivity index (χ3v) is 5.31. The van der Waals surface area contributed by atoms with Gasteiger partial charge in [-0.05, 0) is 32.4 Å². The molecule has 3 rings (SSSR count). The van der Waals surface area contributed by atoms with Gasteiger partial charge in [0.15, 0.2) is 5.96 Å². The molecule has 0 radical (unpaired) electrons. The van der Waals surface area contributed by atoms with Gasteiger partial charge < -0.3 is 15.5 Å². The van der Waals surface area contributed by atoms with Crippen LogP contribution < -0.4 is 15.5 Å². The van der Waals surface area contributed by atoms with E-state index >= 15 is 0 Å². The molecule has 0 amide bonds. The number of hydrogen-bond acceptors (Lipinski definition) is 4. The van der Waals surface area contributed by atoms with Gasteiger partial charge in [-0.15, -0.1) is 35.3 Å². The van der Waals surface area contributed by atoms with Gasteiger partial charge in [0.05, 0.1) is 10.7 Å². The molecule has 1 unspecified atom stereocenters. The maximum atomic E-state index is 4.50. The first-order valence-electron chi connectivity index (χ1n) is 8.84. The Kier molecular flexibility index (Phi) is 8.15. The summed E-state index contributed by atoms with van der Waals surface area (Å²) < 4.78 is 0. The van der Waals surface area contributed by atoms with Crippen LogP contribution in [0.1, 0.15) is 22.7 Å². The minimum atomic E-state index is 0. The number of aliphatic imine (C=N–C) groups is 1. The van der Waals surface area contributed by atoms with Crippen LogP contribution in [0.25, 0.3) is 0 Å². The third kappa shape index (κ3) is 5.84. The predicted molar refractivity (Wildman–Crippen MR) is 122 cm³/mol. The Labute approximate surface area is 177 Å². The molecule has 1 aromatic heterocycles. The number of halogens is 1. The van der Waals surface area contributed by atoms with Gasteiger partial charge in [0.2, 0.25) is 0 Å². The van der Waals surface area contributed by atoms with E-state index in [1.165, 1.54) is 11.3 Å². The van der Waals surface area contributed by atoms with Gasteiger partial charge in [0.25, 0.3) is 0 Å². The molecule has 7 heteroatoms. The largest absolute Gasteiger partial charge is 0.369 e. The maximum absolute atomic E-state index is 4.50. The van der Waals surface area contributed by atoms with Gasteiger partial charge in [-0.25, -0.2) is 4.98 Å². The zero-order valence-electron chi connectivity index (χ0n) is 15.7. The van der Waals surface area contributed by atoms with E-state index in [4.69, 9.17) is 0 Å². The van der Waals surface area contributed by atoms with Crippen LogP contribution in [0.2, 0.25) is 0 Å². The molecule has 0 spiro atoms. The van der Waals surface area contributed by atoms with Crippen molar-refractivity contribution in [1.29, 1.82) is 0 Å². The SMILES string of the molecule is CN=C(NCCc1csc(C)n1)NC1CCN(c2ccc(C)cc2)C1.I. The summed E-state index contributed by atoms with van der Waals surface area (Å²) in [5.41, 5.74) is 3.76. The van der Waals surface area contributed by atoms with Crippen molar-refractivity contribution in [3.8, 4) is 0 Å². The van der Waals surface area contributed by atoms with Gasteiger partial charge in [-0.1, -0.05) is 17.7 Å². The molecule has 2 heterocycles. The molecule has 1 fully saturated rings. The first-order chi connectivity index (χ1) is 12.1. The van der Waals surface area contributed by atoms with Crippen molar-refractivity contribution in [2.75, 3.05) is 31.6 Å². The Morgan fingerprint density at radius 2 is 2.08 bits per heavy atom. The van der Waals surface area contributed by atoms with Gasteiger partial charge in [-0.2, -0.15) is 0 Å². The molecule has 5 nitrogen and oxygen atoms in total. The molecular formula is C19H28IN5S. The van der Waals surface area contributed by atoms with E-state index in [2.05, 4.69) is 62.1 Å². The second-order valence-corrected chi connectivity index (χ2v) is 7.58. The van der Waals surface area contributed by atoms with Gasteiger partial charge in [0, 0.05) is 50.2 Å². The number of guanidine groups is 1. The summed E-state index contributed by atoms with van der Waals surface area (Å²) in [5.74, 6) is 0.878. The summed E-state index contributed by atoms with van der Waals surface area (Å²) in [7, 11) is 1.83. The highest BCUT2D eigenvalue weighted by atomic mass is 127.